The van der Waals surface area contributed by atoms with Crippen LogP contribution in [0.25, 0.3) is 0 Å². The summed E-state index contributed by atoms with van der Waals surface area (Å²) in [6.45, 7) is 8.89. The van der Waals surface area contributed by atoms with Gasteiger partial charge in [0.25, 0.3) is 11.1 Å². The highest BCUT2D eigenvalue weighted by atomic mass is 19.1. The van der Waals surface area contributed by atoms with Gasteiger partial charge in [-0.1, -0.05) is 43.6 Å². The van der Waals surface area contributed by atoms with Crippen molar-refractivity contribution in [2.75, 3.05) is 13.2 Å². The van der Waals surface area contributed by atoms with Gasteiger partial charge in [0.05, 0.1) is 19.7 Å². The van der Waals surface area contributed by atoms with E-state index in [2.05, 4.69) is 24.6 Å². The fraction of sp³-hybridized carbons (Fsp3) is 0.441. The smallest absolute Gasteiger partial charge is 0.507 e. The third-order valence-electron chi connectivity index (χ3n) is 8.05. The summed E-state index contributed by atoms with van der Waals surface area (Å²) in [5.41, 5.74) is -0.214. The molecule has 49 heavy (non-hydrogen) atoms. The molecule has 2 aromatic heterocycles. The van der Waals surface area contributed by atoms with Gasteiger partial charge in [0, 0.05) is 23.9 Å². The first-order valence-electron chi connectivity index (χ1n) is 15.9. The molecule has 1 aliphatic carbocycles. The summed E-state index contributed by atoms with van der Waals surface area (Å²) in [5, 5.41) is 19.5. The lowest BCUT2D eigenvalue weighted by Gasteiger charge is -2.32. The number of ether oxygens (including phenoxy) is 2. The Morgan fingerprint density at radius 2 is 1.63 bits per heavy atom. The summed E-state index contributed by atoms with van der Waals surface area (Å²) in [6.07, 6.45) is 7.88. The molecule has 1 aliphatic rings. The second kappa shape index (κ2) is 17.9. The molecule has 0 fully saturated rings. The van der Waals surface area contributed by atoms with E-state index < -0.39 is 40.3 Å². The Bertz CT molecular complexity index is 1910. The van der Waals surface area contributed by atoms with Crippen molar-refractivity contribution in [3.05, 3.63) is 113 Å². The molecule has 0 unspecified atom stereocenters. The van der Waals surface area contributed by atoms with Gasteiger partial charge in [0.15, 0.2) is 0 Å². The zero-order chi connectivity index (χ0) is 36.2. The average molecular weight is 689 g/mol. The zero-order valence-electron chi connectivity index (χ0n) is 27.7. The Balaban J connectivity index is 0.000000456. The Morgan fingerprint density at radius 1 is 1.02 bits per heavy atom. The molecule has 0 saturated carbocycles. The van der Waals surface area contributed by atoms with Crippen LogP contribution < -0.4 is 27.2 Å². The number of aryl methyl sites for hydroxylation is 1. The number of carbonyl (C=O) groups excluding carboxylic acids is 1. The average Bonchev–Trinajstić information content (AvgIpc) is 3.05. The minimum Gasteiger partial charge on any atom is -0.507 e. The largest absolute Gasteiger partial charge is 0.513 e. The lowest BCUT2D eigenvalue weighted by molar-refractivity contribution is 0.0944. The normalized spacial score (nSPS) is 15.5. The van der Waals surface area contributed by atoms with E-state index in [0.29, 0.717) is 33.5 Å². The van der Waals surface area contributed by atoms with E-state index in [0.717, 1.165) is 43.2 Å². The number of rotatable bonds is 12. The molecular formula is C34H42F2N4O9. The SMILES string of the molecule is C=C(C)[C@@H]1CCC(C)=C[C@H]1c1c(O)cc(CCCCC)cc1OC(=O)OCCn1c(=O)[nH]cc(F)c1=O.O=c1[nH]cc(F)c(=O)n1CCO. The third-order valence-corrected chi connectivity index (χ3v) is 8.05. The topological polar surface area (TPSA) is 186 Å². The number of phenols is 1. The number of nitrogens with zero attached hydrogens (tertiary/aromatic N) is 2. The second-order valence-corrected chi connectivity index (χ2v) is 11.7. The summed E-state index contributed by atoms with van der Waals surface area (Å²) >= 11 is 0. The molecular weight excluding hydrogens is 646 g/mol. The second-order valence-electron chi connectivity index (χ2n) is 11.7. The van der Waals surface area contributed by atoms with E-state index in [-0.39, 0.29) is 49.6 Å². The van der Waals surface area contributed by atoms with Crippen LogP contribution in [-0.2, 0) is 24.2 Å². The molecule has 1 aromatic carbocycles. The summed E-state index contributed by atoms with van der Waals surface area (Å²) in [4.78, 5) is 62.0. The number of unbranched alkanes of at least 4 members (excludes halogenated alkanes) is 2. The number of aromatic hydroxyl groups is 1. The Labute approximate surface area is 280 Å². The maximum Gasteiger partial charge on any atom is 0.513 e. The molecule has 3 aromatic rings. The molecule has 266 valence electrons. The number of halogens is 2. The highest BCUT2D eigenvalue weighted by Crippen LogP contribution is 2.47. The van der Waals surface area contributed by atoms with Gasteiger partial charge in [-0.25, -0.2) is 14.4 Å². The number of aliphatic hydroxyl groups is 1. The predicted molar refractivity (Wildman–Crippen MR) is 177 cm³/mol. The van der Waals surface area contributed by atoms with E-state index in [1.165, 1.54) is 5.57 Å². The van der Waals surface area contributed by atoms with Gasteiger partial charge in [-0.15, -0.1) is 0 Å². The van der Waals surface area contributed by atoms with Crippen LogP contribution in [0.15, 0.2) is 67.5 Å². The van der Waals surface area contributed by atoms with E-state index in [1.54, 1.807) is 12.1 Å². The van der Waals surface area contributed by atoms with Crippen LogP contribution in [0.1, 0.15) is 69.9 Å². The maximum absolute atomic E-state index is 13.5. The van der Waals surface area contributed by atoms with Gasteiger partial charge in [-0.3, -0.25) is 18.7 Å². The monoisotopic (exact) mass is 688 g/mol. The summed E-state index contributed by atoms with van der Waals surface area (Å²) in [7, 11) is 0. The molecule has 0 spiro atoms. The first-order valence-corrected chi connectivity index (χ1v) is 15.9. The Hall–Kier alpha value is -5.05. The maximum atomic E-state index is 13.5. The van der Waals surface area contributed by atoms with Crippen molar-refractivity contribution in [1.29, 1.82) is 0 Å². The van der Waals surface area contributed by atoms with Gasteiger partial charge < -0.3 is 29.7 Å². The van der Waals surface area contributed by atoms with Crippen LogP contribution in [0.2, 0.25) is 0 Å². The van der Waals surface area contributed by atoms with Gasteiger partial charge in [-0.2, -0.15) is 8.78 Å². The molecule has 13 nitrogen and oxygen atoms in total. The van der Waals surface area contributed by atoms with Crippen LogP contribution in [0, 0.1) is 17.6 Å². The summed E-state index contributed by atoms with van der Waals surface area (Å²) in [6, 6.07) is 3.47. The number of nitrogens with one attached hydrogen (secondary N) is 2. The van der Waals surface area contributed by atoms with Gasteiger partial charge in [0.1, 0.15) is 18.1 Å². The van der Waals surface area contributed by atoms with Gasteiger partial charge >= 0.3 is 17.5 Å². The number of aromatic amines is 2. The number of H-pyrrole nitrogens is 2. The minimum absolute atomic E-state index is 0.0387. The molecule has 0 amide bonds. The minimum atomic E-state index is -1.12. The predicted octanol–water partition coefficient (Wildman–Crippen LogP) is 4.01. The van der Waals surface area contributed by atoms with E-state index in [4.69, 9.17) is 14.6 Å². The van der Waals surface area contributed by atoms with Crippen molar-refractivity contribution >= 4 is 6.16 Å². The molecule has 15 heteroatoms. The highest BCUT2D eigenvalue weighted by Gasteiger charge is 2.31. The highest BCUT2D eigenvalue weighted by molar-refractivity contribution is 5.66. The number of hydrogen-bond acceptors (Lipinski definition) is 9. The van der Waals surface area contributed by atoms with Crippen molar-refractivity contribution < 1.29 is 33.3 Å². The number of phenolic OH excluding ortho intramolecular Hbond substituents is 1. The van der Waals surface area contributed by atoms with Crippen molar-refractivity contribution in [3.63, 3.8) is 0 Å². The Morgan fingerprint density at radius 3 is 2.20 bits per heavy atom. The molecule has 0 bridgehead atoms. The fourth-order valence-electron chi connectivity index (χ4n) is 5.53. The Kier molecular flexibility index (Phi) is 14.0. The number of allylic oxidation sites excluding steroid dienone is 3. The summed E-state index contributed by atoms with van der Waals surface area (Å²) in [5.74, 6) is -2.10. The summed E-state index contributed by atoms with van der Waals surface area (Å²) < 4.78 is 37.9. The van der Waals surface area contributed by atoms with Crippen LogP contribution in [0.4, 0.5) is 13.6 Å². The molecule has 4 rings (SSSR count). The molecule has 0 saturated heterocycles. The lowest BCUT2D eigenvalue weighted by atomic mass is 9.73. The fourth-order valence-corrected chi connectivity index (χ4v) is 5.53. The van der Waals surface area contributed by atoms with E-state index >= 15 is 0 Å². The van der Waals surface area contributed by atoms with E-state index in [9.17, 15) is 37.9 Å². The molecule has 2 atom stereocenters. The number of carbonyl (C=O) groups is 1. The van der Waals surface area contributed by atoms with Crippen molar-refractivity contribution in [1.82, 2.24) is 19.1 Å². The van der Waals surface area contributed by atoms with Gasteiger partial charge in [0.2, 0.25) is 11.6 Å². The van der Waals surface area contributed by atoms with Crippen LogP contribution in [0.3, 0.4) is 0 Å². The zero-order valence-corrected chi connectivity index (χ0v) is 27.7. The third kappa shape index (κ3) is 10.2. The van der Waals surface area contributed by atoms with E-state index in [1.807, 2.05) is 18.8 Å². The number of hydrogen-bond donors (Lipinski definition) is 4. The van der Waals surface area contributed by atoms with Crippen molar-refractivity contribution in [3.8, 4) is 11.5 Å². The molecule has 4 N–H and O–H groups in total. The number of aliphatic hydroxyl groups excluding tert-OH is 1. The van der Waals surface area contributed by atoms with Crippen LogP contribution in [0.5, 0.6) is 11.5 Å². The first-order chi connectivity index (χ1) is 23.3. The van der Waals surface area contributed by atoms with Gasteiger partial charge in [-0.05, 0) is 63.1 Å². The number of aromatic nitrogens is 4. The van der Waals surface area contributed by atoms with Crippen molar-refractivity contribution in [2.45, 2.75) is 78.3 Å². The number of benzene rings is 1. The molecule has 2 heterocycles. The van der Waals surface area contributed by atoms with Crippen LogP contribution in [-0.4, -0.2) is 48.7 Å². The molecule has 0 radical (unpaired) electrons. The molecule has 0 aliphatic heterocycles. The lowest BCUT2D eigenvalue weighted by Crippen LogP contribution is -2.37. The van der Waals surface area contributed by atoms with Crippen molar-refractivity contribution in [2.24, 2.45) is 5.92 Å². The first kappa shape index (κ1) is 38.4. The standard InChI is InChI=1S/C28H35FN2O6.C6H7FN2O3/c1-5-6-7-8-19-14-23(32)25(21-13-18(4)9-10-20(21)17(2)3)24(15-19)37-28(35)36-12-11-31-26(33)22(29)16-30-27(31)34;7-4-3-8-6(12)9(1-2-10)5(4)11/h13-16,20-21,32H,2,5-12H2,1,3-4H3,(H,30,34);3,10H,1-2H2,(H,8,12)/t20-,21+;/m0./s1. The van der Waals surface area contributed by atoms with Crippen LogP contribution >= 0.6 is 0 Å². The quantitative estimate of drug-likeness (QED) is 0.0944.